The van der Waals surface area contributed by atoms with E-state index in [2.05, 4.69) is 41.6 Å². The zero-order valence-electron chi connectivity index (χ0n) is 12.3. The van der Waals surface area contributed by atoms with Gasteiger partial charge in [0.05, 0.1) is 12.4 Å². The molecular formula is C19H20N2. The van der Waals surface area contributed by atoms with Gasteiger partial charge in [0.1, 0.15) is 0 Å². The van der Waals surface area contributed by atoms with Gasteiger partial charge in [-0.3, -0.25) is 0 Å². The summed E-state index contributed by atoms with van der Waals surface area (Å²) in [6, 6.07) is 8.75. The lowest BCUT2D eigenvalue weighted by Crippen LogP contribution is -1.91. The monoisotopic (exact) mass is 276 g/mol. The van der Waals surface area contributed by atoms with Crippen molar-refractivity contribution in [2.75, 3.05) is 0 Å². The summed E-state index contributed by atoms with van der Waals surface area (Å²) in [6.07, 6.45) is 9.04. The van der Waals surface area contributed by atoms with Crippen molar-refractivity contribution in [1.29, 1.82) is 0 Å². The third-order valence-corrected chi connectivity index (χ3v) is 4.23. The summed E-state index contributed by atoms with van der Waals surface area (Å²) < 4.78 is 0. The maximum Gasteiger partial charge on any atom is 0.0571 e. The minimum atomic E-state index is 0.904. The van der Waals surface area contributed by atoms with Gasteiger partial charge in [0.25, 0.3) is 0 Å². The molecule has 1 aliphatic rings. The van der Waals surface area contributed by atoms with Gasteiger partial charge < -0.3 is 0 Å². The van der Waals surface area contributed by atoms with Crippen molar-refractivity contribution in [2.45, 2.75) is 32.1 Å². The van der Waals surface area contributed by atoms with E-state index in [-0.39, 0.29) is 0 Å². The van der Waals surface area contributed by atoms with E-state index < -0.39 is 0 Å². The lowest BCUT2D eigenvalue weighted by atomic mass is 9.96. The van der Waals surface area contributed by atoms with Crippen molar-refractivity contribution < 1.29 is 0 Å². The van der Waals surface area contributed by atoms with E-state index in [0.717, 1.165) is 24.0 Å². The average Bonchev–Trinajstić information content (AvgIpc) is 3.00. The fourth-order valence-corrected chi connectivity index (χ4v) is 2.88. The molecule has 0 saturated carbocycles. The molecule has 0 unspecified atom stereocenters. The molecule has 1 aromatic carbocycles. The highest BCUT2D eigenvalue weighted by Gasteiger charge is 2.12. The first-order valence-electron chi connectivity index (χ1n) is 7.49. The molecule has 2 nitrogen and oxygen atoms in total. The first-order valence-corrected chi connectivity index (χ1v) is 7.49. The van der Waals surface area contributed by atoms with Crippen molar-refractivity contribution in [2.24, 2.45) is 0 Å². The predicted molar refractivity (Wildman–Crippen MR) is 87.8 cm³/mol. The second-order valence-corrected chi connectivity index (χ2v) is 5.68. The minimum absolute atomic E-state index is 0.904. The summed E-state index contributed by atoms with van der Waals surface area (Å²) in [5.41, 5.74) is 7.63. The summed E-state index contributed by atoms with van der Waals surface area (Å²) in [4.78, 5) is 0. The van der Waals surface area contributed by atoms with Gasteiger partial charge in [-0.1, -0.05) is 31.4 Å². The minimum Gasteiger partial charge on any atom is -0.159 e. The third kappa shape index (κ3) is 3.10. The van der Waals surface area contributed by atoms with E-state index in [1.165, 1.54) is 41.5 Å². The molecule has 0 radical (unpaired) electrons. The van der Waals surface area contributed by atoms with Gasteiger partial charge in [-0.25, -0.2) is 0 Å². The molecule has 0 fully saturated rings. The number of hydrogen-bond donors (Lipinski definition) is 0. The second-order valence-electron chi connectivity index (χ2n) is 5.68. The molecule has 1 aromatic heterocycles. The Morgan fingerprint density at radius 3 is 2.43 bits per heavy atom. The molecule has 0 amide bonds. The predicted octanol–water partition coefficient (Wildman–Crippen LogP) is 4.47. The van der Waals surface area contributed by atoms with Crippen LogP contribution in [0.3, 0.4) is 0 Å². The van der Waals surface area contributed by atoms with Crippen LogP contribution in [0, 0.1) is 0 Å². The summed E-state index contributed by atoms with van der Waals surface area (Å²) in [5, 5.41) is 7.69. The first-order chi connectivity index (χ1) is 10.2. The Kier molecular flexibility index (Phi) is 3.96. The maximum atomic E-state index is 4.25. The maximum absolute atomic E-state index is 4.25. The molecule has 0 saturated heterocycles. The topological polar surface area (TPSA) is 25.8 Å². The van der Waals surface area contributed by atoms with Crippen LogP contribution in [0.2, 0.25) is 0 Å². The number of hydrogen-bond acceptors (Lipinski definition) is 2. The van der Waals surface area contributed by atoms with E-state index >= 15 is 0 Å². The van der Waals surface area contributed by atoms with Crippen molar-refractivity contribution in [3.8, 4) is 0 Å². The fraction of sp³-hybridized carbons (Fsp3) is 0.263. The van der Waals surface area contributed by atoms with Gasteiger partial charge in [-0.15, -0.1) is 0 Å². The number of allylic oxidation sites excluding steroid dienone is 2. The Balaban J connectivity index is 1.63. The molecule has 0 spiro atoms. The van der Waals surface area contributed by atoms with Crippen LogP contribution in [-0.4, -0.2) is 10.2 Å². The molecule has 2 heteroatoms. The lowest BCUT2D eigenvalue weighted by Gasteiger charge is -2.10. The Hall–Kier alpha value is -2.22. The van der Waals surface area contributed by atoms with Crippen molar-refractivity contribution in [3.05, 3.63) is 72.1 Å². The van der Waals surface area contributed by atoms with Gasteiger partial charge in [0.2, 0.25) is 0 Å². The van der Waals surface area contributed by atoms with Gasteiger partial charge in [-0.2, -0.15) is 10.2 Å². The molecule has 1 aliphatic carbocycles. The zero-order chi connectivity index (χ0) is 14.7. The summed E-state index contributed by atoms with van der Waals surface area (Å²) in [6.45, 7) is 8.39. The number of nitrogens with zero attached hydrogens (tertiary/aromatic N) is 2. The molecule has 21 heavy (non-hydrogen) atoms. The smallest absolute Gasteiger partial charge is 0.0571 e. The summed E-state index contributed by atoms with van der Waals surface area (Å²) in [7, 11) is 0. The molecule has 0 aliphatic heterocycles. The van der Waals surface area contributed by atoms with E-state index in [1.807, 2.05) is 6.07 Å². The third-order valence-electron chi connectivity index (χ3n) is 4.23. The molecule has 3 rings (SSSR count). The van der Waals surface area contributed by atoms with Crippen LogP contribution in [0.25, 0.3) is 11.1 Å². The highest BCUT2D eigenvalue weighted by Crippen LogP contribution is 2.28. The normalized spacial score (nSPS) is 13.0. The highest BCUT2D eigenvalue weighted by molar-refractivity contribution is 5.69. The first kappa shape index (κ1) is 13.7. The molecule has 106 valence electrons. The quantitative estimate of drug-likeness (QED) is 0.805. The van der Waals surface area contributed by atoms with Crippen LogP contribution in [0.5, 0.6) is 0 Å². The Morgan fingerprint density at radius 2 is 1.67 bits per heavy atom. The van der Waals surface area contributed by atoms with E-state index in [9.17, 15) is 0 Å². The van der Waals surface area contributed by atoms with Crippen molar-refractivity contribution >= 4 is 11.1 Å². The molecule has 2 aromatic rings. The zero-order valence-corrected chi connectivity index (χ0v) is 12.3. The van der Waals surface area contributed by atoms with Crippen LogP contribution in [0.1, 0.15) is 41.5 Å². The second kappa shape index (κ2) is 6.04. The summed E-state index contributed by atoms with van der Waals surface area (Å²) >= 11 is 0. The average molecular weight is 276 g/mol. The number of rotatable bonds is 5. The number of aromatic nitrogens is 2. The molecule has 1 heterocycles. The molecular weight excluding hydrogens is 256 g/mol. The van der Waals surface area contributed by atoms with Gasteiger partial charge in [0, 0.05) is 0 Å². The molecule has 0 N–H and O–H groups in total. The van der Waals surface area contributed by atoms with Crippen molar-refractivity contribution in [1.82, 2.24) is 10.2 Å². The van der Waals surface area contributed by atoms with Gasteiger partial charge in [-0.05, 0) is 71.6 Å². The molecule has 0 atom stereocenters. The Morgan fingerprint density at radius 1 is 0.905 bits per heavy atom. The van der Waals surface area contributed by atoms with Gasteiger partial charge >= 0.3 is 0 Å². The lowest BCUT2D eigenvalue weighted by molar-refractivity contribution is 0.911. The summed E-state index contributed by atoms with van der Waals surface area (Å²) in [5.74, 6) is 0. The Bertz CT molecular complexity index is 671. The van der Waals surface area contributed by atoms with E-state index in [0.29, 0.717) is 0 Å². The van der Waals surface area contributed by atoms with E-state index in [4.69, 9.17) is 0 Å². The SMILES string of the molecule is C=C(CCC(=C)c1ccc2c(c1)CCC2)c1ccnnc1. The Labute approximate surface area is 126 Å². The number of benzene rings is 1. The van der Waals surface area contributed by atoms with Gasteiger partial charge in [0.15, 0.2) is 0 Å². The standard InChI is InChI=1S/C19H20N2/c1-14(6-7-15(2)19-10-11-20-21-13-19)17-9-8-16-4-3-5-18(16)12-17/h8-13H,1-7H2. The highest BCUT2D eigenvalue weighted by atomic mass is 15.1. The van der Waals surface area contributed by atoms with Crippen LogP contribution < -0.4 is 0 Å². The van der Waals surface area contributed by atoms with Crippen LogP contribution >= 0.6 is 0 Å². The van der Waals surface area contributed by atoms with Crippen molar-refractivity contribution in [3.63, 3.8) is 0 Å². The number of fused-ring (bicyclic) bond motifs is 1. The van der Waals surface area contributed by atoms with E-state index in [1.54, 1.807) is 12.4 Å². The van der Waals surface area contributed by atoms with Crippen LogP contribution in [0.15, 0.2) is 49.8 Å². The number of aryl methyl sites for hydroxylation is 2. The largest absolute Gasteiger partial charge is 0.159 e. The van der Waals surface area contributed by atoms with Crippen LogP contribution in [-0.2, 0) is 12.8 Å². The molecule has 0 bridgehead atoms. The fourth-order valence-electron chi connectivity index (χ4n) is 2.88. The van der Waals surface area contributed by atoms with Crippen LogP contribution in [0.4, 0.5) is 0 Å².